The molecule has 0 radical (unpaired) electrons. The maximum absolute atomic E-state index is 10.4. The van der Waals surface area contributed by atoms with Crippen LogP contribution in [0.3, 0.4) is 0 Å². The molecule has 0 bridgehead atoms. The van der Waals surface area contributed by atoms with Gasteiger partial charge in [-0.25, -0.2) is 0 Å². The molecule has 0 aromatic carbocycles. The van der Waals surface area contributed by atoms with Gasteiger partial charge in [0.15, 0.2) is 0 Å². The molecule has 4 aliphatic rings. The number of hydrogen-bond acceptors (Lipinski definition) is 2. The molecular formula is C51H94O3. The summed E-state index contributed by atoms with van der Waals surface area (Å²) in [5.41, 5.74) is 2.60. The lowest BCUT2D eigenvalue weighted by molar-refractivity contribution is -0.137. The van der Waals surface area contributed by atoms with E-state index in [-0.39, 0.29) is 6.10 Å². The molecule has 0 heterocycles. The quantitative estimate of drug-likeness (QED) is 0.0648. The van der Waals surface area contributed by atoms with Crippen LogP contribution < -0.4 is 0 Å². The van der Waals surface area contributed by atoms with Crippen molar-refractivity contribution in [2.24, 2.45) is 46.3 Å². The largest absolute Gasteiger partial charge is 0.481 e. The Morgan fingerprint density at radius 1 is 0.667 bits per heavy atom. The highest BCUT2D eigenvalue weighted by molar-refractivity contribution is 5.66. The van der Waals surface area contributed by atoms with Crippen LogP contribution >= 0.6 is 0 Å². The fraction of sp³-hybridized carbons (Fsp3) is 0.941. The minimum atomic E-state index is -0.650. The Hall–Kier alpha value is -0.830. The van der Waals surface area contributed by atoms with Crippen LogP contribution in [0.1, 0.15) is 253 Å². The van der Waals surface area contributed by atoms with Crippen molar-refractivity contribution < 1.29 is 15.0 Å². The van der Waals surface area contributed by atoms with E-state index in [9.17, 15) is 9.90 Å². The molecule has 54 heavy (non-hydrogen) atoms. The van der Waals surface area contributed by atoms with Gasteiger partial charge in [0, 0.05) is 6.42 Å². The average Bonchev–Trinajstić information content (AvgIpc) is 3.50. The van der Waals surface area contributed by atoms with Crippen LogP contribution in [0.15, 0.2) is 11.6 Å². The van der Waals surface area contributed by atoms with Gasteiger partial charge >= 0.3 is 5.97 Å². The molecule has 8 atom stereocenters. The third-order valence-corrected chi connectivity index (χ3v) is 15.8. The number of hydrogen-bond donors (Lipinski definition) is 2. The molecule has 0 aromatic heterocycles. The van der Waals surface area contributed by atoms with Crippen LogP contribution in [0, 0.1) is 46.3 Å². The summed E-state index contributed by atoms with van der Waals surface area (Å²) in [5, 5.41) is 18.8. The monoisotopic (exact) mass is 755 g/mol. The van der Waals surface area contributed by atoms with Crippen LogP contribution in [-0.2, 0) is 4.79 Å². The first kappa shape index (κ1) is 47.5. The number of rotatable bonds is 27. The Bertz CT molecular complexity index is 1020. The zero-order valence-electron chi connectivity index (χ0n) is 37.3. The van der Waals surface area contributed by atoms with E-state index in [0.29, 0.717) is 17.3 Å². The van der Waals surface area contributed by atoms with Crippen LogP contribution in [-0.4, -0.2) is 22.3 Å². The first-order valence-corrected chi connectivity index (χ1v) is 24.6. The molecule has 0 aliphatic heterocycles. The van der Waals surface area contributed by atoms with Crippen molar-refractivity contribution in [2.75, 3.05) is 0 Å². The summed E-state index contributed by atoms with van der Waals surface area (Å²) in [5.74, 6) is 4.81. The zero-order chi connectivity index (χ0) is 39.2. The average molecular weight is 755 g/mol. The van der Waals surface area contributed by atoms with Crippen LogP contribution in [0.5, 0.6) is 0 Å². The molecule has 0 spiro atoms. The summed E-state index contributed by atoms with van der Waals surface area (Å²) in [7, 11) is 0. The SMILES string of the molecule is CC(C)CCC[C@@H](C)[C@H]1CC[C@H]2[C@@H]3CC=C4C[C@@H](O)CC[C@]4(C)[C@H]3CC[C@]12C.CCCCCCCCCCCCCCCCCCCCCCCC(=O)O. The molecule has 0 unspecified atom stereocenters. The third kappa shape index (κ3) is 15.8. The molecular weight excluding hydrogens is 661 g/mol. The van der Waals surface area contributed by atoms with Gasteiger partial charge in [-0.2, -0.15) is 0 Å². The highest BCUT2D eigenvalue weighted by Crippen LogP contribution is 2.67. The van der Waals surface area contributed by atoms with Crippen LogP contribution in [0.25, 0.3) is 0 Å². The predicted octanol–water partition coefficient (Wildman–Crippen LogP) is 16.1. The summed E-state index contributed by atoms with van der Waals surface area (Å²) in [6.45, 7) is 14.9. The number of carboxylic acids is 1. The Balaban J connectivity index is 0.000000292. The number of aliphatic hydroxyl groups is 1. The van der Waals surface area contributed by atoms with Gasteiger partial charge in [-0.1, -0.05) is 201 Å². The lowest BCUT2D eigenvalue weighted by Gasteiger charge is -2.58. The molecule has 316 valence electrons. The Morgan fingerprint density at radius 3 is 1.69 bits per heavy atom. The summed E-state index contributed by atoms with van der Waals surface area (Å²) < 4.78 is 0. The third-order valence-electron chi connectivity index (χ3n) is 15.8. The van der Waals surface area contributed by atoms with E-state index in [0.717, 1.165) is 61.2 Å². The highest BCUT2D eigenvalue weighted by Gasteiger charge is 2.59. The zero-order valence-corrected chi connectivity index (χ0v) is 37.3. The van der Waals surface area contributed by atoms with E-state index in [1.165, 1.54) is 180 Å². The number of aliphatic carboxylic acids is 1. The van der Waals surface area contributed by atoms with Crippen molar-refractivity contribution in [3.05, 3.63) is 11.6 Å². The first-order valence-electron chi connectivity index (χ1n) is 24.6. The second-order valence-corrected chi connectivity index (χ2v) is 20.4. The lowest BCUT2D eigenvalue weighted by Crippen LogP contribution is -2.50. The minimum Gasteiger partial charge on any atom is -0.481 e. The Kier molecular flexibility index (Phi) is 23.1. The minimum absolute atomic E-state index is 0.0766. The number of unbranched alkanes of at least 4 members (excludes halogenated alkanes) is 20. The van der Waals surface area contributed by atoms with Crippen LogP contribution in [0.4, 0.5) is 0 Å². The molecule has 0 saturated heterocycles. The van der Waals surface area contributed by atoms with E-state index < -0.39 is 5.97 Å². The van der Waals surface area contributed by atoms with E-state index in [1.54, 1.807) is 5.57 Å². The molecule has 3 nitrogen and oxygen atoms in total. The van der Waals surface area contributed by atoms with Crippen molar-refractivity contribution >= 4 is 5.97 Å². The number of carbonyl (C=O) groups is 1. The molecule has 4 aliphatic carbocycles. The highest BCUT2D eigenvalue weighted by atomic mass is 16.4. The number of fused-ring (bicyclic) bond motifs is 5. The van der Waals surface area contributed by atoms with Gasteiger partial charge in [-0.05, 0) is 104 Å². The summed E-state index contributed by atoms with van der Waals surface area (Å²) >= 11 is 0. The van der Waals surface area contributed by atoms with E-state index in [2.05, 4.69) is 47.6 Å². The van der Waals surface area contributed by atoms with Crippen molar-refractivity contribution in [3.63, 3.8) is 0 Å². The topological polar surface area (TPSA) is 57.5 Å². The molecule has 4 rings (SSSR count). The normalized spacial score (nSPS) is 29.5. The maximum Gasteiger partial charge on any atom is 0.303 e. The Labute approximate surface area is 337 Å². The molecule has 0 aromatic rings. The summed E-state index contributed by atoms with van der Waals surface area (Å²) in [6.07, 6.45) is 46.2. The summed E-state index contributed by atoms with van der Waals surface area (Å²) in [4.78, 5) is 10.4. The number of allylic oxidation sites excluding steroid dienone is 1. The van der Waals surface area contributed by atoms with Gasteiger partial charge in [-0.15, -0.1) is 0 Å². The standard InChI is InChI=1S/C27H46O.C24H48O2/c1-18(2)7-6-8-19(3)23-11-12-24-22-10-9-20-17-21(28)13-15-26(20,4)25(22)14-16-27(23,24)5;1-2-3-4-5-6-7-8-9-10-11-12-13-14-15-16-17-18-19-20-21-22-23-24(25)26/h9,18-19,21-25,28H,6-8,10-17H2,1-5H3;2-23H2,1H3,(H,25,26)/t19-,21+,22+,23-,24+,25+,26+,27-;/m1./s1. The molecule has 3 fully saturated rings. The van der Waals surface area contributed by atoms with Gasteiger partial charge in [0.05, 0.1) is 6.10 Å². The van der Waals surface area contributed by atoms with Gasteiger partial charge in [-0.3, -0.25) is 4.79 Å². The maximum atomic E-state index is 10.4. The Morgan fingerprint density at radius 2 is 1.19 bits per heavy atom. The van der Waals surface area contributed by atoms with E-state index in [1.807, 2.05) is 0 Å². The molecule has 3 saturated carbocycles. The van der Waals surface area contributed by atoms with Crippen molar-refractivity contribution in [3.8, 4) is 0 Å². The van der Waals surface area contributed by atoms with Gasteiger partial charge in [0.25, 0.3) is 0 Å². The fourth-order valence-electron chi connectivity index (χ4n) is 12.4. The predicted molar refractivity (Wildman–Crippen MR) is 234 cm³/mol. The van der Waals surface area contributed by atoms with E-state index >= 15 is 0 Å². The van der Waals surface area contributed by atoms with Gasteiger partial charge < -0.3 is 10.2 Å². The first-order chi connectivity index (χ1) is 26.0. The fourth-order valence-corrected chi connectivity index (χ4v) is 12.4. The van der Waals surface area contributed by atoms with Crippen molar-refractivity contribution in [1.82, 2.24) is 0 Å². The van der Waals surface area contributed by atoms with Crippen LogP contribution in [0.2, 0.25) is 0 Å². The molecule has 2 N–H and O–H groups in total. The second-order valence-electron chi connectivity index (χ2n) is 20.4. The van der Waals surface area contributed by atoms with E-state index in [4.69, 9.17) is 5.11 Å². The lowest BCUT2D eigenvalue weighted by atomic mass is 9.47. The van der Waals surface area contributed by atoms with Gasteiger partial charge in [0.1, 0.15) is 0 Å². The van der Waals surface area contributed by atoms with Gasteiger partial charge in [0.2, 0.25) is 0 Å². The van der Waals surface area contributed by atoms with Crippen molar-refractivity contribution in [2.45, 2.75) is 260 Å². The number of aliphatic hydroxyl groups excluding tert-OH is 1. The van der Waals surface area contributed by atoms with Crippen molar-refractivity contribution in [1.29, 1.82) is 0 Å². The number of carboxylic acid groups (broad SMARTS) is 1. The summed E-state index contributed by atoms with van der Waals surface area (Å²) in [6, 6.07) is 0. The molecule has 3 heteroatoms. The smallest absolute Gasteiger partial charge is 0.303 e. The second kappa shape index (κ2) is 26.2. The molecule has 0 amide bonds.